The summed E-state index contributed by atoms with van der Waals surface area (Å²) >= 11 is 11.9. The Morgan fingerprint density at radius 1 is 1.30 bits per heavy atom. The summed E-state index contributed by atoms with van der Waals surface area (Å²) in [6, 6.07) is 4.43. The van der Waals surface area contributed by atoms with Crippen LogP contribution in [0.5, 0.6) is 0 Å². The molecule has 2 amide bonds. The largest absolute Gasteiger partial charge is 0.330 e. The number of amides is 2. The zero-order chi connectivity index (χ0) is 17.0. The Hall–Kier alpha value is -1.30. The van der Waals surface area contributed by atoms with Gasteiger partial charge in [0.1, 0.15) is 6.04 Å². The van der Waals surface area contributed by atoms with E-state index in [-0.39, 0.29) is 17.7 Å². The maximum Gasteiger partial charge on any atom is 0.247 e. The Morgan fingerprint density at radius 2 is 1.96 bits per heavy atom. The van der Waals surface area contributed by atoms with Crippen LogP contribution >= 0.6 is 23.2 Å². The molecule has 0 bridgehead atoms. The molecule has 2 N–H and O–H groups in total. The van der Waals surface area contributed by atoms with Gasteiger partial charge in [0, 0.05) is 34.7 Å². The fourth-order valence-electron chi connectivity index (χ4n) is 2.83. The standard InChI is InChI=1S/C16H21Cl2N3O2/c1-10(9-19-2)16(23)21-5-3-4-14(21)15(22)20-13-7-11(17)6-12(18)8-13/h6-8,10,14,19H,3-5,9H2,1-2H3,(H,20,22). The Morgan fingerprint density at radius 3 is 2.57 bits per heavy atom. The quantitative estimate of drug-likeness (QED) is 0.851. The first-order valence-electron chi connectivity index (χ1n) is 7.64. The van der Waals surface area contributed by atoms with Crippen LogP contribution in [0.15, 0.2) is 18.2 Å². The number of nitrogens with one attached hydrogen (secondary N) is 2. The van der Waals surface area contributed by atoms with E-state index in [4.69, 9.17) is 23.2 Å². The minimum atomic E-state index is -0.445. The molecule has 7 heteroatoms. The molecule has 1 aliphatic heterocycles. The van der Waals surface area contributed by atoms with E-state index in [0.717, 1.165) is 6.42 Å². The minimum absolute atomic E-state index is 0.00104. The van der Waals surface area contributed by atoms with Gasteiger partial charge >= 0.3 is 0 Å². The van der Waals surface area contributed by atoms with Crippen molar-refractivity contribution in [3.05, 3.63) is 28.2 Å². The van der Waals surface area contributed by atoms with Crippen molar-refractivity contribution >= 4 is 40.7 Å². The Bertz CT molecular complexity index is 574. The number of nitrogens with zero attached hydrogens (tertiary/aromatic N) is 1. The number of rotatable bonds is 5. The molecule has 1 saturated heterocycles. The van der Waals surface area contributed by atoms with E-state index in [0.29, 0.717) is 35.2 Å². The Kier molecular flexibility index (Phi) is 6.27. The smallest absolute Gasteiger partial charge is 0.247 e. The van der Waals surface area contributed by atoms with Gasteiger partial charge < -0.3 is 15.5 Å². The maximum atomic E-state index is 12.5. The van der Waals surface area contributed by atoms with E-state index in [1.165, 1.54) is 0 Å². The van der Waals surface area contributed by atoms with E-state index in [2.05, 4.69) is 10.6 Å². The maximum absolute atomic E-state index is 12.5. The van der Waals surface area contributed by atoms with Gasteiger partial charge in [-0.05, 0) is 38.1 Å². The first-order valence-corrected chi connectivity index (χ1v) is 8.40. The summed E-state index contributed by atoms with van der Waals surface area (Å²) in [7, 11) is 1.81. The van der Waals surface area contributed by atoms with Gasteiger partial charge in [-0.2, -0.15) is 0 Å². The fourth-order valence-corrected chi connectivity index (χ4v) is 3.36. The molecule has 1 heterocycles. The molecule has 0 aliphatic carbocycles. The second-order valence-corrected chi connectivity index (χ2v) is 6.67. The Balaban J connectivity index is 2.07. The van der Waals surface area contributed by atoms with Crippen molar-refractivity contribution < 1.29 is 9.59 Å². The molecule has 1 aromatic carbocycles. The molecule has 0 spiro atoms. The molecule has 1 aliphatic rings. The minimum Gasteiger partial charge on any atom is -0.330 e. The number of likely N-dealkylation sites (tertiary alicyclic amines) is 1. The predicted octanol–water partition coefficient (Wildman–Crippen LogP) is 2.78. The molecular weight excluding hydrogens is 337 g/mol. The van der Waals surface area contributed by atoms with Crippen LogP contribution in [-0.2, 0) is 9.59 Å². The summed E-state index contributed by atoms with van der Waals surface area (Å²) < 4.78 is 0. The van der Waals surface area contributed by atoms with E-state index in [1.54, 1.807) is 30.1 Å². The molecule has 0 aromatic heterocycles. The van der Waals surface area contributed by atoms with Crippen molar-refractivity contribution in [2.75, 3.05) is 25.5 Å². The zero-order valence-corrected chi connectivity index (χ0v) is 14.7. The first kappa shape index (κ1) is 18.0. The van der Waals surface area contributed by atoms with E-state index in [9.17, 15) is 9.59 Å². The van der Waals surface area contributed by atoms with Crippen LogP contribution in [0, 0.1) is 5.92 Å². The van der Waals surface area contributed by atoms with Crippen molar-refractivity contribution in [2.24, 2.45) is 5.92 Å². The average Bonchev–Trinajstić information content (AvgIpc) is 2.95. The topological polar surface area (TPSA) is 61.4 Å². The number of hydrogen-bond acceptors (Lipinski definition) is 3. The van der Waals surface area contributed by atoms with Gasteiger partial charge in [-0.1, -0.05) is 30.1 Å². The molecule has 1 aromatic rings. The van der Waals surface area contributed by atoms with Gasteiger partial charge in [0.15, 0.2) is 0 Å². The molecule has 2 unspecified atom stereocenters. The highest BCUT2D eigenvalue weighted by Gasteiger charge is 2.35. The van der Waals surface area contributed by atoms with E-state index in [1.807, 2.05) is 6.92 Å². The molecule has 2 rings (SSSR count). The lowest BCUT2D eigenvalue weighted by Gasteiger charge is -2.26. The van der Waals surface area contributed by atoms with Crippen molar-refractivity contribution in [3.63, 3.8) is 0 Å². The van der Waals surface area contributed by atoms with Crippen LogP contribution in [0.4, 0.5) is 5.69 Å². The summed E-state index contributed by atoms with van der Waals surface area (Å²) in [5.41, 5.74) is 0.537. The van der Waals surface area contributed by atoms with Crippen molar-refractivity contribution in [3.8, 4) is 0 Å². The highest BCUT2D eigenvalue weighted by atomic mass is 35.5. The fraction of sp³-hybridized carbons (Fsp3) is 0.500. The number of carbonyl (C=O) groups excluding carboxylic acids is 2. The van der Waals surface area contributed by atoms with Crippen LogP contribution in [0.3, 0.4) is 0 Å². The normalized spacial score (nSPS) is 18.8. The first-order chi connectivity index (χ1) is 10.9. The lowest BCUT2D eigenvalue weighted by molar-refractivity contribution is -0.139. The summed E-state index contributed by atoms with van der Waals surface area (Å²) in [5, 5.41) is 6.70. The third-order valence-electron chi connectivity index (χ3n) is 3.90. The lowest BCUT2D eigenvalue weighted by atomic mass is 10.1. The van der Waals surface area contributed by atoms with Gasteiger partial charge in [0.25, 0.3) is 0 Å². The summed E-state index contributed by atoms with van der Waals surface area (Å²) in [5.74, 6) is -0.360. The highest BCUT2D eigenvalue weighted by molar-refractivity contribution is 6.35. The van der Waals surface area contributed by atoms with Gasteiger partial charge in [-0.3, -0.25) is 9.59 Å². The summed E-state index contributed by atoms with van der Waals surface area (Å²) in [4.78, 5) is 26.7. The summed E-state index contributed by atoms with van der Waals surface area (Å²) in [6.07, 6.45) is 1.49. The third kappa shape index (κ3) is 4.59. The monoisotopic (exact) mass is 357 g/mol. The van der Waals surface area contributed by atoms with Crippen LogP contribution in [-0.4, -0.2) is 42.9 Å². The van der Waals surface area contributed by atoms with Crippen molar-refractivity contribution in [2.45, 2.75) is 25.8 Å². The van der Waals surface area contributed by atoms with Crippen molar-refractivity contribution in [1.82, 2.24) is 10.2 Å². The van der Waals surface area contributed by atoms with Gasteiger partial charge in [0.2, 0.25) is 11.8 Å². The number of carbonyl (C=O) groups is 2. The number of halogens is 2. The molecule has 1 fully saturated rings. The highest BCUT2D eigenvalue weighted by Crippen LogP contribution is 2.25. The van der Waals surface area contributed by atoms with E-state index >= 15 is 0 Å². The molecule has 23 heavy (non-hydrogen) atoms. The van der Waals surface area contributed by atoms with Crippen LogP contribution in [0.2, 0.25) is 10.0 Å². The van der Waals surface area contributed by atoms with Gasteiger partial charge in [0.05, 0.1) is 0 Å². The number of benzene rings is 1. The van der Waals surface area contributed by atoms with Crippen LogP contribution in [0.1, 0.15) is 19.8 Å². The molecular formula is C16H21Cl2N3O2. The SMILES string of the molecule is CNCC(C)C(=O)N1CCCC1C(=O)Nc1cc(Cl)cc(Cl)c1. The molecule has 126 valence electrons. The van der Waals surface area contributed by atoms with Crippen molar-refractivity contribution in [1.29, 1.82) is 0 Å². The molecule has 0 radical (unpaired) electrons. The van der Waals surface area contributed by atoms with E-state index < -0.39 is 6.04 Å². The van der Waals surface area contributed by atoms with Gasteiger partial charge in [-0.15, -0.1) is 0 Å². The van der Waals surface area contributed by atoms with Crippen LogP contribution in [0.25, 0.3) is 0 Å². The molecule has 0 saturated carbocycles. The predicted molar refractivity (Wildman–Crippen MR) is 92.9 cm³/mol. The lowest BCUT2D eigenvalue weighted by Crippen LogP contribution is -2.46. The molecule has 5 nitrogen and oxygen atoms in total. The zero-order valence-electron chi connectivity index (χ0n) is 13.2. The third-order valence-corrected chi connectivity index (χ3v) is 4.34. The van der Waals surface area contributed by atoms with Gasteiger partial charge in [-0.25, -0.2) is 0 Å². The summed E-state index contributed by atoms with van der Waals surface area (Å²) in [6.45, 7) is 3.07. The second kappa shape index (κ2) is 7.99. The average molecular weight is 358 g/mol. The number of hydrogen-bond donors (Lipinski definition) is 2. The number of anilines is 1. The second-order valence-electron chi connectivity index (χ2n) is 5.80. The van der Waals surface area contributed by atoms with Crippen LogP contribution < -0.4 is 10.6 Å². The molecule has 2 atom stereocenters. The Labute approximate surface area is 146 Å².